The molecule has 0 unspecified atom stereocenters. The van der Waals surface area contributed by atoms with E-state index in [1.165, 1.54) is 11.1 Å². The standard InChI is InChI=1S/C17H20ClN/c1-13(2)15-8-9-16(17(18)10-15)12-19-11-14-6-4-3-5-7-14/h3-10,13,19H,11-12H2,1-2H3. The minimum atomic E-state index is 0.517. The normalized spacial score (nSPS) is 10.9. The minimum Gasteiger partial charge on any atom is -0.309 e. The van der Waals surface area contributed by atoms with E-state index < -0.39 is 0 Å². The molecule has 0 aliphatic rings. The third kappa shape index (κ3) is 4.09. The van der Waals surface area contributed by atoms with E-state index in [1.807, 2.05) is 6.07 Å². The maximum Gasteiger partial charge on any atom is 0.0453 e. The summed E-state index contributed by atoms with van der Waals surface area (Å²) in [4.78, 5) is 0. The molecule has 1 N–H and O–H groups in total. The van der Waals surface area contributed by atoms with Gasteiger partial charge in [-0.15, -0.1) is 0 Å². The Balaban J connectivity index is 1.93. The van der Waals surface area contributed by atoms with Crippen molar-refractivity contribution >= 4 is 11.6 Å². The highest BCUT2D eigenvalue weighted by molar-refractivity contribution is 6.31. The van der Waals surface area contributed by atoms with Gasteiger partial charge in [-0.1, -0.05) is 67.9 Å². The molecule has 0 saturated heterocycles. The zero-order valence-corrected chi connectivity index (χ0v) is 12.2. The van der Waals surface area contributed by atoms with Crippen LogP contribution in [0.3, 0.4) is 0 Å². The molecule has 0 spiro atoms. The maximum absolute atomic E-state index is 6.32. The first-order chi connectivity index (χ1) is 9.16. The summed E-state index contributed by atoms with van der Waals surface area (Å²) in [7, 11) is 0. The summed E-state index contributed by atoms with van der Waals surface area (Å²) >= 11 is 6.32. The average molecular weight is 274 g/mol. The highest BCUT2D eigenvalue weighted by Gasteiger charge is 2.04. The molecular weight excluding hydrogens is 254 g/mol. The summed E-state index contributed by atoms with van der Waals surface area (Å²) < 4.78 is 0. The molecule has 100 valence electrons. The van der Waals surface area contributed by atoms with E-state index in [0.29, 0.717) is 5.92 Å². The van der Waals surface area contributed by atoms with Crippen LogP contribution in [-0.4, -0.2) is 0 Å². The van der Waals surface area contributed by atoms with Crippen LogP contribution in [0.2, 0.25) is 5.02 Å². The van der Waals surface area contributed by atoms with E-state index in [0.717, 1.165) is 23.7 Å². The van der Waals surface area contributed by atoms with Crippen LogP contribution in [0.25, 0.3) is 0 Å². The van der Waals surface area contributed by atoms with Gasteiger partial charge >= 0.3 is 0 Å². The number of hydrogen-bond acceptors (Lipinski definition) is 1. The Morgan fingerprint density at radius 1 is 1.00 bits per heavy atom. The van der Waals surface area contributed by atoms with Crippen molar-refractivity contribution in [2.45, 2.75) is 32.9 Å². The van der Waals surface area contributed by atoms with Gasteiger partial charge in [0.25, 0.3) is 0 Å². The molecular formula is C17H20ClN. The van der Waals surface area contributed by atoms with Crippen LogP contribution in [0.5, 0.6) is 0 Å². The Labute approximate surface area is 120 Å². The van der Waals surface area contributed by atoms with Crippen LogP contribution >= 0.6 is 11.6 Å². The Morgan fingerprint density at radius 3 is 2.37 bits per heavy atom. The van der Waals surface area contributed by atoms with E-state index in [1.54, 1.807) is 0 Å². The molecule has 2 heteroatoms. The third-order valence-corrected chi connectivity index (χ3v) is 3.58. The van der Waals surface area contributed by atoms with E-state index in [-0.39, 0.29) is 0 Å². The van der Waals surface area contributed by atoms with Crippen LogP contribution in [-0.2, 0) is 13.1 Å². The Bertz CT molecular complexity index is 520. The molecule has 1 nitrogen and oxygen atoms in total. The summed E-state index contributed by atoms with van der Waals surface area (Å²) in [6.45, 7) is 6.02. The summed E-state index contributed by atoms with van der Waals surface area (Å²) in [5.41, 5.74) is 3.73. The lowest BCUT2D eigenvalue weighted by molar-refractivity contribution is 0.693. The fourth-order valence-electron chi connectivity index (χ4n) is 2.00. The van der Waals surface area contributed by atoms with Crippen LogP contribution in [0.15, 0.2) is 48.5 Å². The first kappa shape index (κ1) is 14.1. The van der Waals surface area contributed by atoms with Gasteiger partial charge in [0.2, 0.25) is 0 Å². The van der Waals surface area contributed by atoms with Gasteiger partial charge in [0.1, 0.15) is 0 Å². The van der Waals surface area contributed by atoms with Crippen molar-refractivity contribution in [2.24, 2.45) is 0 Å². The summed E-state index contributed by atoms with van der Waals surface area (Å²) in [6.07, 6.45) is 0. The number of halogens is 1. The molecule has 2 aromatic rings. The van der Waals surface area contributed by atoms with E-state index in [2.05, 4.69) is 61.6 Å². The molecule has 0 aromatic heterocycles. The first-order valence-electron chi connectivity index (χ1n) is 6.70. The van der Waals surface area contributed by atoms with Crippen LogP contribution in [0, 0.1) is 0 Å². The summed E-state index contributed by atoms with van der Waals surface area (Å²) in [6, 6.07) is 16.7. The predicted octanol–water partition coefficient (Wildman–Crippen LogP) is 4.75. The van der Waals surface area contributed by atoms with Gasteiger partial charge in [-0.2, -0.15) is 0 Å². The Hall–Kier alpha value is -1.31. The largest absolute Gasteiger partial charge is 0.309 e. The maximum atomic E-state index is 6.32. The lowest BCUT2D eigenvalue weighted by Gasteiger charge is -2.10. The smallest absolute Gasteiger partial charge is 0.0453 e. The van der Waals surface area contributed by atoms with Gasteiger partial charge in [-0.05, 0) is 28.7 Å². The number of benzene rings is 2. The Morgan fingerprint density at radius 2 is 1.74 bits per heavy atom. The van der Waals surface area contributed by atoms with Crippen molar-refractivity contribution in [1.82, 2.24) is 5.32 Å². The zero-order valence-electron chi connectivity index (χ0n) is 11.5. The van der Waals surface area contributed by atoms with Gasteiger partial charge in [-0.25, -0.2) is 0 Å². The molecule has 0 aliphatic carbocycles. The lowest BCUT2D eigenvalue weighted by Crippen LogP contribution is -2.13. The van der Waals surface area contributed by atoms with E-state index in [4.69, 9.17) is 11.6 Å². The van der Waals surface area contributed by atoms with Crippen molar-refractivity contribution in [3.63, 3.8) is 0 Å². The molecule has 0 saturated carbocycles. The summed E-state index contributed by atoms with van der Waals surface area (Å²) in [5.74, 6) is 0.517. The lowest BCUT2D eigenvalue weighted by atomic mass is 10.0. The highest BCUT2D eigenvalue weighted by Crippen LogP contribution is 2.22. The Kier molecular flexibility index (Phi) is 5.00. The average Bonchev–Trinajstić information content (AvgIpc) is 2.41. The van der Waals surface area contributed by atoms with Crippen LogP contribution in [0.4, 0.5) is 0 Å². The molecule has 0 atom stereocenters. The first-order valence-corrected chi connectivity index (χ1v) is 7.07. The summed E-state index contributed by atoms with van der Waals surface area (Å²) in [5, 5.41) is 4.28. The van der Waals surface area contributed by atoms with Gasteiger partial charge < -0.3 is 5.32 Å². The number of hydrogen-bond donors (Lipinski definition) is 1. The van der Waals surface area contributed by atoms with E-state index in [9.17, 15) is 0 Å². The highest BCUT2D eigenvalue weighted by atomic mass is 35.5. The molecule has 0 radical (unpaired) electrons. The van der Waals surface area contributed by atoms with Crippen molar-refractivity contribution in [3.05, 3.63) is 70.2 Å². The number of rotatable bonds is 5. The van der Waals surface area contributed by atoms with Crippen LogP contribution in [0.1, 0.15) is 36.5 Å². The fourth-order valence-corrected chi connectivity index (χ4v) is 2.26. The molecule has 19 heavy (non-hydrogen) atoms. The molecule has 2 rings (SSSR count). The quantitative estimate of drug-likeness (QED) is 0.829. The zero-order chi connectivity index (χ0) is 13.7. The second-order valence-electron chi connectivity index (χ2n) is 5.09. The van der Waals surface area contributed by atoms with Crippen molar-refractivity contribution in [1.29, 1.82) is 0 Å². The SMILES string of the molecule is CC(C)c1ccc(CNCc2ccccc2)c(Cl)c1. The number of nitrogens with one attached hydrogen (secondary N) is 1. The van der Waals surface area contributed by atoms with Gasteiger partial charge in [-0.3, -0.25) is 0 Å². The third-order valence-electron chi connectivity index (χ3n) is 3.23. The van der Waals surface area contributed by atoms with Gasteiger partial charge in [0, 0.05) is 18.1 Å². The topological polar surface area (TPSA) is 12.0 Å². The molecule has 2 aromatic carbocycles. The predicted molar refractivity (Wildman–Crippen MR) is 82.5 cm³/mol. The van der Waals surface area contributed by atoms with E-state index >= 15 is 0 Å². The van der Waals surface area contributed by atoms with Crippen molar-refractivity contribution in [3.8, 4) is 0 Å². The molecule has 0 amide bonds. The molecule has 0 bridgehead atoms. The fraction of sp³-hybridized carbons (Fsp3) is 0.294. The minimum absolute atomic E-state index is 0.517. The molecule has 0 heterocycles. The molecule has 0 fully saturated rings. The van der Waals surface area contributed by atoms with Crippen molar-refractivity contribution in [2.75, 3.05) is 0 Å². The molecule has 0 aliphatic heterocycles. The van der Waals surface area contributed by atoms with Crippen molar-refractivity contribution < 1.29 is 0 Å². The van der Waals surface area contributed by atoms with Gasteiger partial charge in [0.15, 0.2) is 0 Å². The second kappa shape index (κ2) is 6.74. The van der Waals surface area contributed by atoms with Crippen LogP contribution < -0.4 is 5.32 Å². The monoisotopic (exact) mass is 273 g/mol. The van der Waals surface area contributed by atoms with Gasteiger partial charge in [0.05, 0.1) is 0 Å². The second-order valence-corrected chi connectivity index (χ2v) is 5.50.